The zero-order valence-corrected chi connectivity index (χ0v) is 18.2. The molecule has 29 heavy (non-hydrogen) atoms. The van der Waals surface area contributed by atoms with Crippen LogP contribution in [0.5, 0.6) is 0 Å². The number of fused-ring (bicyclic) bond motifs is 1. The molecule has 2 aliphatic rings. The van der Waals surface area contributed by atoms with Crippen LogP contribution in [0.2, 0.25) is 0 Å². The summed E-state index contributed by atoms with van der Waals surface area (Å²) >= 11 is 0. The first-order valence-electron chi connectivity index (χ1n) is 11.1. The number of allylic oxidation sites excluding steroid dienone is 1. The Morgan fingerprint density at radius 2 is 1.90 bits per heavy atom. The predicted octanol–water partition coefficient (Wildman–Crippen LogP) is 1.47. The molecule has 2 rings (SSSR count). The molecule has 7 heteroatoms. The number of carbonyl (C=O) groups excluding carboxylic acids is 3. The molecule has 0 bridgehead atoms. The van der Waals surface area contributed by atoms with E-state index in [9.17, 15) is 19.5 Å². The molecule has 0 aromatic heterocycles. The van der Waals surface area contributed by atoms with Crippen molar-refractivity contribution < 1.29 is 19.5 Å². The number of aliphatic hydroxyl groups excluding tert-OH is 1. The van der Waals surface area contributed by atoms with E-state index >= 15 is 0 Å². The Labute approximate surface area is 174 Å². The molecule has 1 aliphatic carbocycles. The molecule has 1 saturated heterocycles. The highest BCUT2D eigenvalue weighted by Crippen LogP contribution is 2.46. The number of aliphatic hydroxyl groups is 1. The Morgan fingerprint density at radius 1 is 1.17 bits per heavy atom. The average Bonchev–Trinajstić information content (AvgIpc) is 3.01. The molecule has 6 atom stereocenters. The molecule has 164 valence electrons. The fraction of sp³-hybridized carbons (Fsp3) is 0.773. The van der Waals surface area contributed by atoms with E-state index in [4.69, 9.17) is 0 Å². The predicted molar refractivity (Wildman–Crippen MR) is 112 cm³/mol. The summed E-state index contributed by atoms with van der Waals surface area (Å²) in [6.07, 6.45) is 8.10. The standard InChI is InChI=1S/C22H37N3O4/c1-5-8-12-24-21(28)19-16-11-10-14(9-6-2)17(20(27)23-4)18(16)22(29)25(19)15(7-3)13-26/h10-11,14-19,26H,5-9,12-13H2,1-4H3,(H,23,27)(H,24,28)/t14-,15+,16+,17-,18-,19+/m1/s1. The van der Waals surface area contributed by atoms with Crippen LogP contribution in [0.15, 0.2) is 12.2 Å². The first-order chi connectivity index (χ1) is 14.0. The quantitative estimate of drug-likeness (QED) is 0.377. The number of amides is 3. The van der Waals surface area contributed by atoms with Crippen LogP contribution in [0.4, 0.5) is 0 Å². The van der Waals surface area contributed by atoms with Gasteiger partial charge in [0.2, 0.25) is 17.7 Å². The Kier molecular flexibility index (Phi) is 8.68. The third-order valence-corrected chi connectivity index (χ3v) is 6.39. The minimum absolute atomic E-state index is 0.0249. The lowest BCUT2D eigenvalue weighted by atomic mass is 9.68. The van der Waals surface area contributed by atoms with E-state index in [1.807, 2.05) is 19.1 Å². The van der Waals surface area contributed by atoms with Crippen LogP contribution in [0.25, 0.3) is 0 Å². The summed E-state index contributed by atoms with van der Waals surface area (Å²) in [6, 6.07) is -1.12. The van der Waals surface area contributed by atoms with Crippen molar-refractivity contribution in [2.75, 3.05) is 20.2 Å². The van der Waals surface area contributed by atoms with E-state index in [2.05, 4.69) is 24.5 Å². The summed E-state index contributed by atoms with van der Waals surface area (Å²) in [5, 5.41) is 15.6. The van der Waals surface area contributed by atoms with Crippen molar-refractivity contribution in [1.82, 2.24) is 15.5 Å². The molecule has 7 nitrogen and oxygen atoms in total. The lowest BCUT2D eigenvalue weighted by Crippen LogP contribution is -2.52. The van der Waals surface area contributed by atoms with Gasteiger partial charge in [-0.1, -0.05) is 45.8 Å². The second-order valence-electron chi connectivity index (χ2n) is 8.16. The van der Waals surface area contributed by atoms with Crippen LogP contribution in [-0.2, 0) is 14.4 Å². The zero-order valence-electron chi connectivity index (χ0n) is 18.2. The van der Waals surface area contributed by atoms with Crippen LogP contribution in [-0.4, -0.2) is 60.0 Å². The zero-order chi connectivity index (χ0) is 21.6. The van der Waals surface area contributed by atoms with E-state index in [0.717, 1.165) is 25.7 Å². The molecular formula is C22H37N3O4. The third-order valence-electron chi connectivity index (χ3n) is 6.39. The Bertz CT molecular complexity index is 617. The molecular weight excluding hydrogens is 370 g/mol. The summed E-state index contributed by atoms with van der Waals surface area (Å²) < 4.78 is 0. The van der Waals surface area contributed by atoms with Crippen molar-refractivity contribution in [2.45, 2.75) is 65.0 Å². The van der Waals surface area contributed by atoms with Gasteiger partial charge < -0.3 is 20.6 Å². The molecule has 0 radical (unpaired) electrons. The van der Waals surface area contributed by atoms with E-state index in [1.165, 1.54) is 0 Å². The van der Waals surface area contributed by atoms with Crippen molar-refractivity contribution in [1.29, 1.82) is 0 Å². The summed E-state index contributed by atoms with van der Waals surface area (Å²) in [5.74, 6) is -1.98. The van der Waals surface area contributed by atoms with Crippen molar-refractivity contribution in [2.24, 2.45) is 23.7 Å². The fourth-order valence-corrected chi connectivity index (χ4v) is 4.88. The van der Waals surface area contributed by atoms with Gasteiger partial charge in [-0.25, -0.2) is 0 Å². The maximum absolute atomic E-state index is 13.5. The number of nitrogens with one attached hydrogen (secondary N) is 2. The minimum Gasteiger partial charge on any atom is -0.394 e. The molecule has 0 aromatic carbocycles. The molecule has 3 amide bonds. The number of rotatable bonds is 10. The van der Waals surface area contributed by atoms with Crippen LogP contribution in [0.1, 0.15) is 52.9 Å². The second kappa shape index (κ2) is 10.8. The van der Waals surface area contributed by atoms with E-state index in [-0.39, 0.29) is 36.2 Å². The highest BCUT2D eigenvalue weighted by Gasteiger charge is 2.58. The second-order valence-corrected chi connectivity index (χ2v) is 8.16. The molecule has 3 N–H and O–H groups in total. The maximum Gasteiger partial charge on any atom is 0.243 e. The molecule has 0 spiro atoms. The van der Waals surface area contributed by atoms with E-state index in [1.54, 1.807) is 11.9 Å². The summed E-state index contributed by atoms with van der Waals surface area (Å²) in [5.41, 5.74) is 0. The third kappa shape index (κ3) is 4.65. The molecule has 1 aliphatic heterocycles. The maximum atomic E-state index is 13.5. The van der Waals surface area contributed by atoms with Crippen molar-refractivity contribution in [3.8, 4) is 0 Å². The molecule has 0 saturated carbocycles. The number of carbonyl (C=O) groups is 3. The fourth-order valence-electron chi connectivity index (χ4n) is 4.88. The Morgan fingerprint density at radius 3 is 2.45 bits per heavy atom. The van der Waals surface area contributed by atoms with Gasteiger partial charge in [0.25, 0.3) is 0 Å². The lowest BCUT2D eigenvalue weighted by molar-refractivity contribution is -0.143. The van der Waals surface area contributed by atoms with E-state index in [0.29, 0.717) is 13.0 Å². The van der Waals surface area contributed by atoms with Crippen LogP contribution >= 0.6 is 0 Å². The smallest absolute Gasteiger partial charge is 0.243 e. The van der Waals surface area contributed by atoms with E-state index < -0.39 is 23.9 Å². The van der Waals surface area contributed by atoms with Crippen LogP contribution in [0, 0.1) is 23.7 Å². The van der Waals surface area contributed by atoms with Gasteiger partial charge in [0.05, 0.1) is 24.5 Å². The number of nitrogens with zero attached hydrogens (tertiary/aromatic N) is 1. The number of hydrogen-bond donors (Lipinski definition) is 3. The van der Waals surface area contributed by atoms with Crippen molar-refractivity contribution >= 4 is 17.7 Å². The Balaban J connectivity index is 2.45. The highest BCUT2D eigenvalue weighted by atomic mass is 16.3. The minimum atomic E-state index is -0.688. The lowest BCUT2D eigenvalue weighted by Gasteiger charge is -2.34. The summed E-state index contributed by atoms with van der Waals surface area (Å²) in [4.78, 5) is 41.0. The Hall–Kier alpha value is -1.89. The van der Waals surface area contributed by atoms with Crippen LogP contribution < -0.4 is 10.6 Å². The van der Waals surface area contributed by atoms with Gasteiger partial charge in [-0.3, -0.25) is 14.4 Å². The van der Waals surface area contributed by atoms with Gasteiger partial charge in [-0.05, 0) is 25.2 Å². The molecule has 0 aromatic rings. The first kappa shape index (κ1) is 23.4. The summed E-state index contributed by atoms with van der Waals surface area (Å²) in [7, 11) is 1.59. The van der Waals surface area contributed by atoms with Gasteiger partial charge in [-0.15, -0.1) is 0 Å². The molecule has 0 unspecified atom stereocenters. The van der Waals surface area contributed by atoms with Gasteiger partial charge in [0.1, 0.15) is 6.04 Å². The number of unbranched alkanes of at least 4 members (excludes halogenated alkanes) is 1. The van der Waals surface area contributed by atoms with Crippen LogP contribution in [0.3, 0.4) is 0 Å². The SMILES string of the molecule is CCCCNC(=O)[C@@H]1[C@H]2C=C[C@@H](CCC)[C@@H](C(=O)NC)[C@@H]2C(=O)N1[C@@H](CC)CO. The van der Waals surface area contributed by atoms with Gasteiger partial charge in [-0.2, -0.15) is 0 Å². The van der Waals surface area contributed by atoms with Gasteiger partial charge >= 0.3 is 0 Å². The largest absolute Gasteiger partial charge is 0.394 e. The monoisotopic (exact) mass is 407 g/mol. The normalized spacial score (nSPS) is 29.5. The van der Waals surface area contributed by atoms with Crippen molar-refractivity contribution in [3.63, 3.8) is 0 Å². The highest BCUT2D eigenvalue weighted by molar-refractivity contribution is 5.97. The van der Waals surface area contributed by atoms with Gasteiger partial charge in [0.15, 0.2) is 0 Å². The molecule has 1 heterocycles. The van der Waals surface area contributed by atoms with Crippen molar-refractivity contribution in [3.05, 3.63) is 12.2 Å². The number of hydrogen-bond acceptors (Lipinski definition) is 4. The average molecular weight is 408 g/mol. The number of likely N-dealkylation sites (tertiary alicyclic amines) is 1. The summed E-state index contributed by atoms with van der Waals surface area (Å²) in [6.45, 7) is 6.37. The molecule has 1 fully saturated rings. The first-order valence-corrected chi connectivity index (χ1v) is 11.1. The van der Waals surface area contributed by atoms with Gasteiger partial charge in [0, 0.05) is 19.5 Å². The topological polar surface area (TPSA) is 98.7 Å².